The summed E-state index contributed by atoms with van der Waals surface area (Å²) in [4.78, 5) is 0. The van der Waals surface area contributed by atoms with E-state index in [-0.39, 0.29) is 18.3 Å². The topological polar surface area (TPSA) is 57.2 Å². The van der Waals surface area contributed by atoms with E-state index in [0.29, 0.717) is 6.42 Å². The molecule has 0 saturated carbocycles. The Balaban J connectivity index is 1.58. The first-order valence-electron chi connectivity index (χ1n) is 6.65. The van der Waals surface area contributed by atoms with Gasteiger partial charge in [0.15, 0.2) is 18.5 Å². The van der Waals surface area contributed by atoms with Gasteiger partial charge < -0.3 is 19.3 Å². The molecule has 5 atom stereocenters. The van der Waals surface area contributed by atoms with Crippen LogP contribution in [0.5, 0.6) is 0 Å². The molecule has 0 aromatic carbocycles. The summed E-state index contributed by atoms with van der Waals surface area (Å²) in [6.07, 6.45) is 2.16. The maximum absolute atomic E-state index is 10.2. The van der Waals surface area contributed by atoms with Crippen molar-refractivity contribution < 1.29 is 24.1 Å². The van der Waals surface area contributed by atoms with E-state index in [0.717, 1.165) is 18.9 Å². The molecule has 3 rings (SSSR count). The van der Waals surface area contributed by atoms with Crippen LogP contribution in [-0.2, 0) is 18.9 Å². The molecule has 0 amide bonds. The molecule has 3 aliphatic rings. The smallest absolute Gasteiger partial charge is 0.244 e. The van der Waals surface area contributed by atoms with Crippen molar-refractivity contribution in [1.29, 1.82) is 0 Å². The lowest BCUT2D eigenvalue weighted by molar-refractivity contribution is -0.216. The molecule has 0 unspecified atom stereocenters. The van der Waals surface area contributed by atoms with E-state index in [9.17, 15) is 5.11 Å². The zero-order valence-corrected chi connectivity index (χ0v) is 11.1. The van der Waals surface area contributed by atoms with Crippen molar-refractivity contribution in [2.45, 2.75) is 76.5 Å². The van der Waals surface area contributed by atoms with Crippen molar-refractivity contribution in [1.82, 2.24) is 0 Å². The van der Waals surface area contributed by atoms with E-state index in [1.165, 1.54) is 0 Å². The Morgan fingerprint density at radius 2 is 2.11 bits per heavy atom. The van der Waals surface area contributed by atoms with Crippen LogP contribution in [0.1, 0.15) is 40.0 Å². The minimum Gasteiger partial charge on any atom is -0.387 e. The van der Waals surface area contributed by atoms with E-state index in [4.69, 9.17) is 18.9 Å². The van der Waals surface area contributed by atoms with Gasteiger partial charge in [0.25, 0.3) is 0 Å². The average Bonchev–Trinajstić information content (AvgIpc) is 2.87. The van der Waals surface area contributed by atoms with Gasteiger partial charge in [0.05, 0.1) is 0 Å². The molecule has 0 aromatic heterocycles. The van der Waals surface area contributed by atoms with Gasteiger partial charge in [-0.05, 0) is 20.8 Å². The lowest BCUT2D eigenvalue weighted by atomic mass is 10.0. The molecule has 0 aliphatic carbocycles. The third kappa shape index (κ3) is 2.26. The number of hydrogen-bond acceptors (Lipinski definition) is 5. The maximum Gasteiger partial charge on any atom is 0.244 e. The van der Waals surface area contributed by atoms with Gasteiger partial charge >= 0.3 is 0 Å². The van der Waals surface area contributed by atoms with Crippen LogP contribution < -0.4 is 0 Å². The second-order valence-electron chi connectivity index (χ2n) is 5.84. The van der Waals surface area contributed by atoms with Gasteiger partial charge in [-0.25, -0.2) is 0 Å². The largest absolute Gasteiger partial charge is 0.387 e. The van der Waals surface area contributed by atoms with E-state index in [1.54, 1.807) is 0 Å². The predicted octanol–water partition coefficient (Wildman–Crippen LogP) is 1.34. The van der Waals surface area contributed by atoms with E-state index >= 15 is 0 Å². The fourth-order valence-electron chi connectivity index (χ4n) is 2.87. The van der Waals surface area contributed by atoms with Gasteiger partial charge in [0, 0.05) is 6.42 Å². The molecule has 3 heterocycles. The predicted molar refractivity (Wildman–Crippen MR) is 62.3 cm³/mol. The summed E-state index contributed by atoms with van der Waals surface area (Å²) in [6, 6.07) is 0. The first-order chi connectivity index (χ1) is 8.44. The van der Waals surface area contributed by atoms with Crippen LogP contribution in [-0.4, -0.2) is 41.6 Å². The molecule has 18 heavy (non-hydrogen) atoms. The maximum atomic E-state index is 10.2. The lowest BCUT2D eigenvalue weighted by Crippen LogP contribution is -2.35. The number of aliphatic hydroxyl groups is 1. The number of fused-ring (bicyclic) bond motifs is 1. The van der Waals surface area contributed by atoms with Gasteiger partial charge in [0.2, 0.25) is 6.10 Å². The molecule has 0 bridgehead atoms. The summed E-state index contributed by atoms with van der Waals surface area (Å²) < 4.78 is 22.7. The highest BCUT2D eigenvalue weighted by Crippen LogP contribution is 2.40. The van der Waals surface area contributed by atoms with Crippen molar-refractivity contribution in [2.24, 2.45) is 0 Å². The third-order valence-electron chi connectivity index (χ3n) is 3.74. The van der Waals surface area contributed by atoms with Crippen LogP contribution in [0, 0.1) is 6.10 Å². The average molecular weight is 257 g/mol. The van der Waals surface area contributed by atoms with Gasteiger partial charge in [-0.15, -0.1) is 0 Å². The Kier molecular flexibility index (Phi) is 3.07. The van der Waals surface area contributed by atoms with Crippen LogP contribution >= 0.6 is 0 Å². The highest BCUT2D eigenvalue weighted by molar-refractivity contribution is 4.98. The van der Waals surface area contributed by atoms with Gasteiger partial charge in [-0.3, -0.25) is 0 Å². The Morgan fingerprint density at radius 1 is 1.33 bits per heavy atom. The van der Waals surface area contributed by atoms with Crippen LogP contribution in [0.2, 0.25) is 0 Å². The third-order valence-corrected chi connectivity index (χ3v) is 3.74. The Bertz CT molecular complexity index is 319. The first kappa shape index (κ1) is 12.7. The van der Waals surface area contributed by atoms with Crippen molar-refractivity contribution in [3.05, 3.63) is 6.10 Å². The molecule has 0 radical (unpaired) electrons. The molecule has 0 spiro atoms. The zero-order chi connectivity index (χ0) is 12.9. The summed E-state index contributed by atoms with van der Waals surface area (Å²) >= 11 is 0. The van der Waals surface area contributed by atoms with Gasteiger partial charge in [-0.1, -0.05) is 0 Å². The number of ether oxygens (including phenoxy) is 4. The Labute approximate surface area is 107 Å². The highest BCUT2D eigenvalue weighted by atomic mass is 16.8. The quantitative estimate of drug-likeness (QED) is 0.757. The SMILES string of the molecule is C[C@H]1CC[C+](C[C@H]2O[C@@H]3OC(C)(C)O[C@@H]3[C@H]2O)O1. The molecular formula is C13H21O5+. The minimum atomic E-state index is -0.674. The van der Waals surface area contributed by atoms with Crippen molar-refractivity contribution >= 4 is 0 Å². The number of aliphatic hydroxyl groups excluding tert-OH is 1. The Morgan fingerprint density at radius 3 is 2.72 bits per heavy atom. The second-order valence-corrected chi connectivity index (χ2v) is 5.84. The molecule has 0 aromatic rings. The Hall–Kier alpha value is -0.330. The molecule has 3 aliphatic heterocycles. The van der Waals surface area contributed by atoms with Crippen LogP contribution in [0.3, 0.4) is 0 Å². The van der Waals surface area contributed by atoms with Crippen LogP contribution in [0.15, 0.2) is 0 Å². The summed E-state index contributed by atoms with van der Waals surface area (Å²) in [5.74, 6) is -0.674. The van der Waals surface area contributed by atoms with Crippen molar-refractivity contribution in [2.75, 3.05) is 0 Å². The number of rotatable bonds is 2. The van der Waals surface area contributed by atoms with Crippen LogP contribution in [0.25, 0.3) is 0 Å². The van der Waals surface area contributed by atoms with E-state index in [1.807, 2.05) is 13.8 Å². The second kappa shape index (κ2) is 4.35. The molecular weight excluding hydrogens is 236 g/mol. The van der Waals surface area contributed by atoms with Gasteiger partial charge in [0.1, 0.15) is 30.8 Å². The highest BCUT2D eigenvalue weighted by Gasteiger charge is 2.56. The molecule has 5 nitrogen and oxygen atoms in total. The van der Waals surface area contributed by atoms with E-state index < -0.39 is 18.2 Å². The molecule has 3 fully saturated rings. The van der Waals surface area contributed by atoms with Gasteiger partial charge in [-0.2, -0.15) is 4.74 Å². The summed E-state index contributed by atoms with van der Waals surface area (Å²) in [5.41, 5.74) is 0. The van der Waals surface area contributed by atoms with Crippen LogP contribution in [0.4, 0.5) is 0 Å². The first-order valence-corrected chi connectivity index (χ1v) is 6.65. The summed E-state index contributed by atoms with van der Waals surface area (Å²) in [5, 5.41) is 10.2. The number of hydrogen-bond donors (Lipinski definition) is 1. The molecule has 1 N–H and O–H groups in total. The standard InChI is InChI=1S/C13H21O5/c1-7-4-5-8(15-7)6-9-10(14)11-12(16-9)18-13(2,3)17-11/h7,9-12,14H,4-6H2,1-3H3/q+1/t7-,9+,10-,11+,12+/m0/s1. The normalized spacial score (nSPS) is 46.7. The summed E-state index contributed by atoms with van der Waals surface area (Å²) in [6.45, 7) is 5.71. The fraction of sp³-hybridized carbons (Fsp3) is 0.923. The zero-order valence-electron chi connectivity index (χ0n) is 11.1. The fourth-order valence-corrected chi connectivity index (χ4v) is 2.87. The van der Waals surface area contributed by atoms with Crippen molar-refractivity contribution in [3.63, 3.8) is 0 Å². The molecule has 5 heteroatoms. The van der Waals surface area contributed by atoms with Crippen molar-refractivity contribution in [3.8, 4) is 0 Å². The summed E-state index contributed by atoms with van der Waals surface area (Å²) in [7, 11) is 0. The lowest BCUT2D eigenvalue weighted by Gasteiger charge is -2.21. The van der Waals surface area contributed by atoms with E-state index in [2.05, 4.69) is 6.92 Å². The molecule has 3 saturated heterocycles. The monoisotopic (exact) mass is 257 g/mol. The molecule has 102 valence electrons. The minimum absolute atomic E-state index is 0.281.